The third-order valence-corrected chi connectivity index (χ3v) is 9.90. The van der Waals surface area contributed by atoms with E-state index >= 15 is 8.78 Å². The summed E-state index contributed by atoms with van der Waals surface area (Å²) in [7, 11) is 0. The molecule has 5 nitrogen and oxygen atoms in total. The number of alkyl halides is 3. The van der Waals surface area contributed by atoms with Gasteiger partial charge in [0.05, 0.1) is 6.10 Å². The Morgan fingerprint density at radius 2 is 1.94 bits per heavy atom. The Kier molecular flexibility index (Phi) is 6.16. The van der Waals surface area contributed by atoms with Gasteiger partial charge in [-0.3, -0.25) is 14.4 Å². The summed E-state index contributed by atoms with van der Waals surface area (Å²) in [6.45, 7) is 6.45. The molecule has 1 N–H and O–H groups in total. The minimum atomic E-state index is -2.30. The molecular weight excluding hydrogens is 469 g/mol. The molecule has 3 saturated carbocycles. The lowest BCUT2D eigenvalue weighted by Gasteiger charge is -2.63. The van der Waals surface area contributed by atoms with Crippen molar-refractivity contribution in [3.63, 3.8) is 0 Å². The second-order valence-electron chi connectivity index (χ2n) is 10.6. The van der Waals surface area contributed by atoms with Gasteiger partial charge in [-0.05, 0) is 61.6 Å². The standard InChI is InChI=1S/C25H31F3O5S/c1-5-20(31)33-25(21(32)34-12-26)13(2)8-15-16-10-18(27)17-9-14(29)6-7-22(17,3)24(16,28)19(30)11-23(15,25)4/h6-7,9,13,15-16,18-19,30H,5,8,10-12H2,1-4H3/t13-,15?,16?,18+,19+,22+,23+,24+,25-/m1/s1. The van der Waals surface area contributed by atoms with E-state index in [-0.39, 0.29) is 31.3 Å². The maximum absolute atomic E-state index is 17.2. The summed E-state index contributed by atoms with van der Waals surface area (Å²) in [4.78, 5) is 37.8. The Labute approximate surface area is 201 Å². The summed E-state index contributed by atoms with van der Waals surface area (Å²) in [6, 6.07) is -1.02. The fourth-order valence-corrected chi connectivity index (χ4v) is 8.42. The predicted molar refractivity (Wildman–Crippen MR) is 121 cm³/mol. The highest BCUT2D eigenvalue weighted by molar-refractivity contribution is 8.13. The van der Waals surface area contributed by atoms with Gasteiger partial charge >= 0.3 is 5.97 Å². The van der Waals surface area contributed by atoms with E-state index in [0.717, 1.165) is 6.08 Å². The lowest BCUT2D eigenvalue weighted by Crippen LogP contribution is -2.70. The van der Waals surface area contributed by atoms with Gasteiger partial charge in [0.2, 0.25) is 5.12 Å². The summed E-state index contributed by atoms with van der Waals surface area (Å²) in [5, 5.41) is 10.7. The zero-order valence-corrected chi connectivity index (χ0v) is 20.6. The van der Waals surface area contributed by atoms with Crippen LogP contribution in [0.2, 0.25) is 0 Å². The number of fused-ring (bicyclic) bond motifs is 5. The van der Waals surface area contributed by atoms with Gasteiger partial charge in [0.25, 0.3) is 0 Å². The summed E-state index contributed by atoms with van der Waals surface area (Å²) in [5.41, 5.74) is -6.84. The average Bonchev–Trinajstić information content (AvgIpc) is 2.99. The Morgan fingerprint density at radius 3 is 2.56 bits per heavy atom. The first kappa shape index (κ1) is 25.5. The summed E-state index contributed by atoms with van der Waals surface area (Å²) >= 11 is 0.396. The molecule has 4 aliphatic carbocycles. The zero-order chi connectivity index (χ0) is 25.3. The van der Waals surface area contributed by atoms with Crippen LogP contribution in [0.25, 0.3) is 0 Å². The van der Waals surface area contributed by atoms with Crippen LogP contribution in [0.5, 0.6) is 0 Å². The van der Waals surface area contributed by atoms with Crippen LogP contribution in [0, 0.1) is 28.6 Å². The van der Waals surface area contributed by atoms with Gasteiger partial charge in [-0.15, -0.1) is 0 Å². The first-order chi connectivity index (χ1) is 15.8. The van der Waals surface area contributed by atoms with Crippen molar-refractivity contribution in [2.24, 2.45) is 28.6 Å². The lowest BCUT2D eigenvalue weighted by atomic mass is 9.44. The number of carbonyl (C=O) groups is 3. The van der Waals surface area contributed by atoms with Crippen molar-refractivity contribution in [2.75, 3.05) is 6.01 Å². The van der Waals surface area contributed by atoms with Gasteiger partial charge in [-0.25, -0.2) is 13.2 Å². The van der Waals surface area contributed by atoms with Crippen LogP contribution in [0.4, 0.5) is 13.2 Å². The molecule has 3 fully saturated rings. The number of ether oxygens (including phenoxy) is 1. The van der Waals surface area contributed by atoms with Crippen LogP contribution in [0.1, 0.15) is 53.4 Å². The van der Waals surface area contributed by atoms with E-state index in [1.165, 1.54) is 19.1 Å². The number of aliphatic hydroxyl groups is 1. The highest BCUT2D eigenvalue weighted by Crippen LogP contribution is 2.72. The van der Waals surface area contributed by atoms with Crippen LogP contribution >= 0.6 is 11.8 Å². The number of rotatable bonds is 4. The van der Waals surface area contributed by atoms with Crippen molar-refractivity contribution < 1.29 is 37.4 Å². The third kappa shape index (κ3) is 3.01. The van der Waals surface area contributed by atoms with Crippen LogP contribution in [-0.2, 0) is 19.1 Å². The van der Waals surface area contributed by atoms with Crippen molar-refractivity contribution in [1.29, 1.82) is 0 Å². The molecule has 0 saturated heterocycles. The number of hydrogen-bond acceptors (Lipinski definition) is 6. The zero-order valence-electron chi connectivity index (χ0n) is 19.8. The Morgan fingerprint density at radius 1 is 1.26 bits per heavy atom. The van der Waals surface area contributed by atoms with E-state index in [4.69, 9.17) is 4.74 Å². The number of aliphatic hydroxyl groups excluding tert-OH is 1. The molecule has 0 aromatic rings. The number of halogens is 3. The first-order valence-electron chi connectivity index (χ1n) is 11.7. The van der Waals surface area contributed by atoms with Crippen molar-refractivity contribution in [2.45, 2.75) is 76.9 Å². The maximum atomic E-state index is 17.2. The smallest absolute Gasteiger partial charge is 0.306 e. The van der Waals surface area contributed by atoms with Crippen LogP contribution in [0.3, 0.4) is 0 Å². The summed E-state index contributed by atoms with van der Waals surface area (Å²) < 4.78 is 51.8. The lowest BCUT2D eigenvalue weighted by molar-refractivity contribution is -0.228. The number of thioether (sulfide) groups is 1. The fraction of sp³-hybridized carbons (Fsp3) is 0.720. The molecule has 4 rings (SSSR count). The molecule has 2 unspecified atom stereocenters. The Balaban J connectivity index is 1.87. The second-order valence-corrected chi connectivity index (χ2v) is 11.5. The van der Waals surface area contributed by atoms with Gasteiger partial charge in [0.1, 0.15) is 12.2 Å². The summed E-state index contributed by atoms with van der Waals surface area (Å²) in [6.07, 6.45) is 0.160. The Bertz CT molecular complexity index is 984. The highest BCUT2D eigenvalue weighted by atomic mass is 32.2. The van der Waals surface area contributed by atoms with Gasteiger partial charge in [-0.1, -0.05) is 26.8 Å². The molecule has 0 aromatic heterocycles. The number of allylic oxidation sites excluding steroid dienone is 4. The van der Waals surface area contributed by atoms with Crippen LogP contribution in [0.15, 0.2) is 23.8 Å². The SMILES string of the molecule is CCC(=O)O[C@@]1(C(=O)SCF)[C@H](C)CC2C3C[C@H](F)C4=CC(=O)C=C[C@]4(C)[C@@]3(F)[C@@H](O)C[C@@]21C. The second kappa shape index (κ2) is 8.22. The molecule has 0 aliphatic heterocycles. The fourth-order valence-electron chi connectivity index (χ4n) is 7.63. The van der Waals surface area contributed by atoms with Gasteiger partial charge in [0.15, 0.2) is 17.1 Å². The van der Waals surface area contributed by atoms with E-state index in [9.17, 15) is 23.9 Å². The molecule has 34 heavy (non-hydrogen) atoms. The van der Waals surface area contributed by atoms with Gasteiger partial charge in [0, 0.05) is 29.1 Å². The van der Waals surface area contributed by atoms with Gasteiger partial charge < -0.3 is 9.84 Å². The molecule has 0 bridgehead atoms. The largest absolute Gasteiger partial charge is 0.449 e. The van der Waals surface area contributed by atoms with Crippen LogP contribution < -0.4 is 0 Å². The minimum absolute atomic E-state index is 0.0141. The van der Waals surface area contributed by atoms with Crippen molar-refractivity contribution in [3.8, 4) is 0 Å². The van der Waals surface area contributed by atoms with E-state index in [1.54, 1.807) is 20.8 Å². The topological polar surface area (TPSA) is 80.7 Å². The molecule has 0 aromatic carbocycles. The van der Waals surface area contributed by atoms with Crippen molar-refractivity contribution in [3.05, 3.63) is 23.8 Å². The number of ketones is 1. The quantitative estimate of drug-likeness (QED) is 0.576. The molecule has 0 heterocycles. The molecule has 0 spiro atoms. The molecule has 9 atom stereocenters. The van der Waals surface area contributed by atoms with Crippen molar-refractivity contribution in [1.82, 2.24) is 0 Å². The number of esters is 1. The minimum Gasteiger partial charge on any atom is -0.449 e. The molecular formula is C25H31F3O5S. The van der Waals surface area contributed by atoms with Crippen molar-refractivity contribution >= 4 is 28.6 Å². The molecule has 9 heteroatoms. The summed E-state index contributed by atoms with van der Waals surface area (Å²) in [5.74, 6) is -3.30. The Hall–Kier alpha value is -1.61. The average molecular weight is 501 g/mol. The monoisotopic (exact) mass is 500 g/mol. The third-order valence-electron chi connectivity index (χ3n) is 9.22. The molecule has 0 radical (unpaired) electrons. The predicted octanol–water partition coefficient (Wildman–Crippen LogP) is 4.43. The number of carbonyl (C=O) groups excluding carboxylic acids is 3. The maximum Gasteiger partial charge on any atom is 0.306 e. The van der Waals surface area contributed by atoms with Gasteiger partial charge in [-0.2, -0.15) is 0 Å². The molecule has 4 aliphatic rings. The normalized spacial score (nSPS) is 47.4. The molecule has 0 amide bonds. The van der Waals surface area contributed by atoms with E-state index < -0.39 is 75.0 Å². The highest BCUT2D eigenvalue weighted by Gasteiger charge is 2.78. The van der Waals surface area contributed by atoms with E-state index in [1.807, 2.05) is 0 Å². The van der Waals surface area contributed by atoms with E-state index in [0.29, 0.717) is 11.8 Å². The van der Waals surface area contributed by atoms with E-state index in [2.05, 4.69) is 0 Å². The first-order valence-corrected chi connectivity index (χ1v) is 12.7. The van der Waals surface area contributed by atoms with Crippen LogP contribution in [-0.4, -0.2) is 51.5 Å². The molecule has 188 valence electrons. The number of hydrogen-bond donors (Lipinski definition) is 1.